The number of hydrogen-bond donors (Lipinski definition) is 0. The lowest BCUT2D eigenvalue weighted by Crippen LogP contribution is -2.31. The van der Waals surface area contributed by atoms with Gasteiger partial charge in [0.05, 0.1) is 5.69 Å². The van der Waals surface area contributed by atoms with Crippen LogP contribution in [0, 0.1) is 12.1 Å². The lowest BCUT2D eigenvalue weighted by atomic mass is 9.81. The molecule has 0 aromatic heterocycles. The van der Waals surface area contributed by atoms with Crippen molar-refractivity contribution < 1.29 is 0 Å². The molecule has 0 fully saturated rings. The Balaban J connectivity index is 0.990. The quantitative estimate of drug-likeness (QED) is 0.173. The van der Waals surface area contributed by atoms with Crippen molar-refractivity contribution in [1.82, 2.24) is 0 Å². The third-order valence-corrected chi connectivity index (χ3v) is 12.6. The van der Waals surface area contributed by atoms with Crippen molar-refractivity contribution in [3.8, 4) is 11.1 Å². The summed E-state index contributed by atoms with van der Waals surface area (Å²) >= 11 is 1.93. The third-order valence-electron chi connectivity index (χ3n) is 11.5. The maximum atomic E-state index is 3.56. The van der Waals surface area contributed by atoms with Crippen LogP contribution in [-0.4, -0.2) is 6.04 Å². The molecule has 0 amide bonds. The first-order valence-corrected chi connectivity index (χ1v) is 18.8. The average Bonchev–Trinajstić information content (AvgIpc) is 3.40. The Bertz CT molecular complexity index is 2670. The second kappa shape index (κ2) is 11.4. The topological polar surface area (TPSA) is 3.24 Å². The molecular weight excluding hydrogens is 635 g/mol. The molecule has 240 valence electrons. The number of rotatable bonds is 3. The van der Waals surface area contributed by atoms with Crippen molar-refractivity contribution in [2.75, 3.05) is 4.90 Å². The highest BCUT2D eigenvalue weighted by atomic mass is 32.2. The Morgan fingerprint density at radius 3 is 2.25 bits per heavy atom. The summed E-state index contributed by atoms with van der Waals surface area (Å²) < 4.78 is 0. The van der Waals surface area contributed by atoms with Crippen LogP contribution in [0.25, 0.3) is 49.0 Å². The van der Waals surface area contributed by atoms with Crippen LogP contribution in [0.5, 0.6) is 0 Å². The van der Waals surface area contributed by atoms with Crippen molar-refractivity contribution in [2.45, 2.75) is 35.6 Å². The van der Waals surface area contributed by atoms with Gasteiger partial charge in [0.1, 0.15) is 0 Å². The van der Waals surface area contributed by atoms with Crippen LogP contribution in [-0.2, 0) is 0 Å². The SMILES string of the molecule is c1ccc2c(c#1)N(c1cccc(-c3ccc4c5ccccc5c5ccccc5c4c3)c1)C1CCC(c3cccc4c3SC3=CC4C=CC=C3)=CC21. The molecule has 3 unspecified atom stereocenters. The lowest BCUT2D eigenvalue weighted by molar-refractivity contribution is 0.572. The van der Waals surface area contributed by atoms with Gasteiger partial charge in [-0.25, -0.2) is 0 Å². The van der Waals surface area contributed by atoms with E-state index in [4.69, 9.17) is 0 Å². The first kappa shape index (κ1) is 29.0. The summed E-state index contributed by atoms with van der Waals surface area (Å²) in [5.41, 5.74) is 10.5. The summed E-state index contributed by atoms with van der Waals surface area (Å²) in [5, 5.41) is 7.83. The molecule has 3 atom stereocenters. The van der Waals surface area contributed by atoms with Crippen LogP contribution in [0.1, 0.15) is 41.4 Å². The number of anilines is 2. The zero-order valence-corrected chi connectivity index (χ0v) is 28.8. The van der Waals surface area contributed by atoms with Crippen LogP contribution < -0.4 is 4.90 Å². The third kappa shape index (κ3) is 4.52. The van der Waals surface area contributed by atoms with E-state index in [1.807, 2.05) is 17.8 Å². The summed E-state index contributed by atoms with van der Waals surface area (Å²) in [6, 6.07) is 52.2. The lowest BCUT2D eigenvalue weighted by Gasteiger charge is -2.34. The molecule has 0 saturated carbocycles. The van der Waals surface area contributed by atoms with Crippen LogP contribution in [0.3, 0.4) is 0 Å². The van der Waals surface area contributed by atoms with Gasteiger partial charge in [0.15, 0.2) is 0 Å². The Morgan fingerprint density at radius 2 is 1.41 bits per heavy atom. The zero-order valence-electron chi connectivity index (χ0n) is 28.0. The van der Waals surface area contributed by atoms with Gasteiger partial charge in [0.2, 0.25) is 0 Å². The fourth-order valence-corrected chi connectivity index (χ4v) is 10.4. The van der Waals surface area contributed by atoms with Gasteiger partial charge in [-0.2, -0.15) is 0 Å². The molecule has 11 rings (SSSR count). The van der Waals surface area contributed by atoms with Crippen molar-refractivity contribution in [3.05, 3.63) is 192 Å². The normalized spacial score (nSPS) is 20.0. The molecule has 2 heterocycles. The van der Waals surface area contributed by atoms with E-state index in [0.717, 1.165) is 18.5 Å². The molecule has 2 bridgehead atoms. The molecule has 4 aliphatic rings. The molecule has 0 radical (unpaired) electrons. The monoisotopic (exact) mass is 667 g/mol. The molecule has 7 aromatic rings. The molecule has 2 aliphatic heterocycles. The largest absolute Gasteiger partial charge is 0.330 e. The molecule has 2 heteroatoms. The van der Waals surface area contributed by atoms with Gasteiger partial charge in [-0.3, -0.25) is 0 Å². The molecule has 0 saturated heterocycles. The highest BCUT2D eigenvalue weighted by Gasteiger charge is 2.41. The highest BCUT2D eigenvalue weighted by Crippen LogP contribution is 2.53. The van der Waals surface area contributed by atoms with E-state index in [-0.39, 0.29) is 0 Å². The maximum Gasteiger partial charge on any atom is 0.0969 e. The van der Waals surface area contributed by atoms with Crippen molar-refractivity contribution in [2.24, 2.45) is 0 Å². The summed E-state index contributed by atoms with van der Waals surface area (Å²) in [7, 11) is 0. The Kier molecular flexibility index (Phi) is 6.48. The number of hydrogen-bond acceptors (Lipinski definition) is 2. The first-order chi connectivity index (χ1) is 25.3. The van der Waals surface area contributed by atoms with Gasteiger partial charge in [0.25, 0.3) is 0 Å². The van der Waals surface area contributed by atoms with Crippen LogP contribution in [0.2, 0.25) is 0 Å². The highest BCUT2D eigenvalue weighted by molar-refractivity contribution is 8.03. The van der Waals surface area contributed by atoms with E-state index in [1.165, 1.54) is 81.2 Å². The van der Waals surface area contributed by atoms with Gasteiger partial charge < -0.3 is 4.90 Å². The number of allylic oxidation sites excluding steroid dienone is 6. The van der Waals surface area contributed by atoms with Crippen LogP contribution in [0.4, 0.5) is 11.4 Å². The minimum absolute atomic E-state index is 0.296. The van der Waals surface area contributed by atoms with E-state index >= 15 is 0 Å². The standard InChI is InChI=1S/C49H33NS/c1-2-14-36-28-33(11-1)37-20-10-21-38(49(37)51-36)34-24-26-48-46(30-34)44-19-7-8-22-47(44)50(48)35-13-9-12-31(27-35)32-23-25-43-41-17-4-3-15-39(41)40-16-5-6-18-42(40)45(43)29-32/h1-7,9-21,23,25,27-30,33,46,48H,24,26H2. The number of benzene rings is 6. The molecule has 2 aliphatic carbocycles. The summed E-state index contributed by atoms with van der Waals surface area (Å²) in [4.78, 5) is 5.32. The minimum Gasteiger partial charge on any atom is -0.330 e. The summed E-state index contributed by atoms with van der Waals surface area (Å²) in [5.74, 6) is 0.633. The Labute approximate surface area is 302 Å². The van der Waals surface area contributed by atoms with E-state index in [2.05, 4.69) is 169 Å². The maximum absolute atomic E-state index is 3.56. The average molecular weight is 668 g/mol. The molecule has 51 heavy (non-hydrogen) atoms. The predicted molar refractivity (Wildman–Crippen MR) is 216 cm³/mol. The predicted octanol–water partition coefficient (Wildman–Crippen LogP) is 13.1. The smallest absolute Gasteiger partial charge is 0.0969 e. The second-order valence-corrected chi connectivity index (χ2v) is 15.3. The van der Waals surface area contributed by atoms with Crippen molar-refractivity contribution in [1.29, 1.82) is 0 Å². The van der Waals surface area contributed by atoms with Gasteiger partial charge >= 0.3 is 0 Å². The van der Waals surface area contributed by atoms with Crippen LogP contribution >= 0.6 is 11.8 Å². The van der Waals surface area contributed by atoms with Gasteiger partial charge in [-0.15, -0.1) is 0 Å². The van der Waals surface area contributed by atoms with Crippen LogP contribution in [0.15, 0.2) is 168 Å². The fraction of sp³-hybridized carbons (Fsp3) is 0.102. The molecule has 0 spiro atoms. The summed E-state index contributed by atoms with van der Waals surface area (Å²) in [6.07, 6.45) is 16.0. The first-order valence-electron chi connectivity index (χ1n) is 18.0. The van der Waals surface area contributed by atoms with Gasteiger partial charge in [-0.1, -0.05) is 139 Å². The number of thioether (sulfide) groups is 1. The van der Waals surface area contributed by atoms with Crippen molar-refractivity contribution in [3.63, 3.8) is 0 Å². The molecule has 1 nitrogen and oxygen atoms in total. The Morgan fingerprint density at radius 1 is 0.647 bits per heavy atom. The minimum atomic E-state index is 0.296. The Hall–Kier alpha value is -5.75. The number of nitrogens with zero attached hydrogens (tertiary/aromatic N) is 1. The van der Waals surface area contributed by atoms with E-state index < -0.39 is 0 Å². The van der Waals surface area contributed by atoms with E-state index in [1.54, 1.807) is 0 Å². The zero-order chi connectivity index (χ0) is 33.5. The molecule has 0 N–H and O–H groups in total. The van der Waals surface area contributed by atoms with E-state index in [9.17, 15) is 0 Å². The fourth-order valence-electron chi connectivity index (χ4n) is 9.16. The van der Waals surface area contributed by atoms with Crippen molar-refractivity contribution >= 4 is 61.0 Å². The number of fused-ring (bicyclic) bond motifs is 12. The van der Waals surface area contributed by atoms with Gasteiger partial charge in [0, 0.05) is 33.4 Å². The molecular formula is C49H33NS. The van der Waals surface area contributed by atoms with Gasteiger partial charge in [-0.05, 0) is 121 Å². The summed E-state index contributed by atoms with van der Waals surface area (Å²) in [6.45, 7) is 0. The second-order valence-electron chi connectivity index (χ2n) is 14.2. The molecule has 7 aromatic carbocycles. The van der Waals surface area contributed by atoms with E-state index in [0.29, 0.717) is 17.9 Å².